The van der Waals surface area contributed by atoms with Crippen molar-refractivity contribution in [3.8, 4) is 0 Å². The number of alkyl halides is 3. The summed E-state index contributed by atoms with van der Waals surface area (Å²) >= 11 is 0. The average molecular weight is 255 g/mol. The first-order valence-corrected chi connectivity index (χ1v) is 5.61. The lowest BCUT2D eigenvalue weighted by Crippen LogP contribution is -2.05. The van der Waals surface area contributed by atoms with Gasteiger partial charge in [-0.3, -0.25) is 0 Å². The molecule has 1 aromatic heterocycles. The molecule has 0 amide bonds. The quantitative estimate of drug-likeness (QED) is 0.770. The second kappa shape index (κ2) is 4.48. The van der Waals surface area contributed by atoms with Gasteiger partial charge in [-0.15, -0.1) is 0 Å². The first-order chi connectivity index (χ1) is 8.49. The molecular weight excluding hydrogens is 243 g/mol. The fourth-order valence-corrected chi connectivity index (χ4v) is 2.21. The molecule has 0 saturated carbocycles. The first kappa shape index (κ1) is 12.7. The van der Waals surface area contributed by atoms with Crippen molar-refractivity contribution in [3.05, 3.63) is 35.5 Å². The monoisotopic (exact) mass is 255 g/mol. The smallest absolute Gasteiger partial charge is 0.344 e. The lowest BCUT2D eigenvalue weighted by atomic mass is 10.1. The van der Waals surface area contributed by atoms with E-state index in [1.165, 1.54) is 12.1 Å². The Morgan fingerprint density at radius 2 is 2.06 bits per heavy atom. The van der Waals surface area contributed by atoms with Crippen LogP contribution in [0.3, 0.4) is 0 Å². The molecule has 0 aliphatic heterocycles. The van der Waals surface area contributed by atoms with Crippen LogP contribution in [0.1, 0.15) is 18.2 Å². The lowest BCUT2D eigenvalue weighted by molar-refractivity contribution is -0.136. The van der Waals surface area contributed by atoms with Crippen molar-refractivity contribution < 1.29 is 18.0 Å². The molecule has 0 radical (unpaired) electrons. The summed E-state index contributed by atoms with van der Waals surface area (Å²) in [6.07, 6.45) is -3.55. The molecule has 0 aliphatic carbocycles. The minimum absolute atomic E-state index is 0.125. The minimum Gasteiger partial charge on any atom is -0.344 e. The van der Waals surface area contributed by atoms with E-state index in [-0.39, 0.29) is 11.8 Å². The molecule has 18 heavy (non-hydrogen) atoms. The van der Waals surface area contributed by atoms with Gasteiger partial charge in [-0.05, 0) is 25.1 Å². The van der Waals surface area contributed by atoms with Gasteiger partial charge in [-0.2, -0.15) is 13.2 Å². The summed E-state index contributed by atoms with van der Waals surface area (Å²) in [5.74, 6) is 0. The number of hydrogen-bond donors (Lipinski definition) is 0. The Kier molecular flexibility index (Phi) is 3.15. The number of carbonyl (C=O) groups is 1. The Morgan fingerprint density at radius 3 is 2.61 bits per heavy atom. The summed E-state index contributed by atoms with van der Waals surface area (Å²) < 4.78 is 40.3. The fourth-order valence-electron chi connectivity index (χ4n) is 2.21. The third-order valence-corrected chi connectivity index (χ3v) is 2.95. The molecule has 2 nitrogen and oxygen atoms in total. The molecule has 5 heteroatoms. The molecule has 1 heterocycles. The Bertz CT molecular complexity index is 584. The van der Waals surface area contributed by atoms with Crippen LogP contribution in [-0.4, -0.2) is 10.9 Å². The molecule has 2 rings (SSSR count). The predicted molar refractivity (Wildman–Crippen MR) is 62.4 cm³/mol. The third-order valence-electron chi connectivity index (χ3n) is 2.95. The van der Waals surface area contributed by atoms with Gasteiger partial charge in [-0.25, -0.2) is 0 Å². The van der Waals surface area contributed by atoms with E-state index in [2.05, 4.69) is 0 Å². The van der Waals surface area contributed by atoms with Crippen LogP contribution >= 0.6 is 0 Å². The molecule has 0 spiro atoms. The van der Waals surface area contributed by atoms with Crippen molar-refractivity contribution in [3.63, 3.8) is 0 Å². The van der Waals surface area contributed by atoms with Crippen LogP contribution in [0.4, 0.5) is 13.2 Å². The Morgan fingerprint density at radius 1 is 1.33 bits per heavy atom. The van der Waals surface area contributed by atoms with Crippen LogP contribution in [0.2, 0.25) is 0 Å². The zero-order valence-electron chi connectivity index (χ0n) is 9.79. The van der Waals surface area contributed by atoms with Crippen LogP contribution in [0.25, 0.3) is 10.9 Å². The number of fused-ring (bicyclic) bond motifs is 1. The van der Waals surface area contributed by atoms with Crippen LogP contribution in [0.15, 0.2) is 24.3 Å². The highest BCUT2D eigenvalue weighted by Crippen LogP contribution is 2.36. The number of aldehydes is 1. The SMILES string of the molecule is CCn1c(CC=O)cc2c(C(F)(F)F)cccc21. The second-order valence-corrected chi connectivity index (χ2v) is 3.99. The van der Waals surface area contributed by atoms with Crippen molar-refractivity contribution in [2.75, 3.05) is 0 Å². The van der Waals surface area contributed by atoms with Gasteiger partial charge < -0.3 is 9.36 Å². The van der Waals surface area contributed by atoms with Crippen LogP contribution < -0.4 is 0 Å². The van der Waals surface area contributed by atoms with E-state index in [0.29, 0.717) is 24.0 Å². The Hall–Kier alpha value is -1.78. The summed E-state index contributed by atoms with van der Waals surface area (Å²) in [4.78, 5) is 10.6. The molecule has 0 atom stereocenters. The van der Waals surface area contributed by atoms with E-state index in [0.717, 1.165) is 6.07 Å². The van der Waals surface area contributed by atoms with Crippen molar-refractivity contribution in [1.82, 2.24) is 4.57 Å². The number of hydrogen-bond acceptors (Lipinski definition) is 1. The van der Waals surface area contributed by atoms with Crippen molar-refractivity contribution in [1.29, 1.82) is 0 Å². The number of aryl methyl sites for hydroxylation is 1. The number of benzene rings is 1. The second-order valence-electron chi connectivity index (χ2n) is 3.99. The number of halogens is 3. The van der Waals surface area contributed by atoms with Crippen molar-refractivity contribution >= 4 is 17.2 Å². The predicted octanol–water partition coefficient (Wildman–Crippen LogP) is 3.42. The standard InChI is InChI=1S/C13H12F3NO/c1-2-17-9(6-7-18)8-10-11(13(14,15)16)4-3-5-12(10)17/h3-5,7-8H,2,6H2,1H3. The summed E-state index contributed by atoms with van der Waals surface area (Å²) in [5.41, 5.74) is 0.475. The van der Waals surface area contributed by atoms with Gasteiger partial charge >= 0.3 is 6.18 Å². The summed E-state index contributed by atoms with van der Waals surface area (Å²) in [6.45, 7) is 2.38. The maximum atomic E-state index is 12.9. The first-order valence-electron chi connectivity index (χ1n) is 5.61. The van der Waals surface area contributed by atoms with E-state index in [1.807, 2.05) is 6.92 Å². The van der Waals surface area contributed by atoms with Gasteiger partial charge in [0.15, 0.2) is 0 Å². The molecule has 2 aromatic rings. The van der Waals surface area contributed by atoms with Crippen LogP contribution in [0.5, 0.6) is 0 Å². The lowest BCUT2D eigenvalue weighted by Gasteiger charge is -2.09. The normalized spacial score (nSPS) is 12.0. The average Bonchev–Trinajstić information content (AvgIpc) is 2.65. The zero-order chi connectivity index (χ0) is 13.3. The third kappa shape index (κ3) is 2.00. The van der Waals surface area contributed by atoms with Gasteiger partial charge in [0, 0.05) is 29.6 Å². The highest BCUT2D eigenvalue weighted by atomic mass is 19.4. The van der Waals surface area contributed by atoms with Crippen molar-refractivity contribution in [2.45, 2.75) is 26.1 Å². The van der Waals surface area contributed by atoms with E-state index in [1.54, 1.807) is 10.6 Å². The topological polar surface area (TPSA) is 22.0 Å². The van der Waals surface area contributed by atoms with E-state index >= 15 is 0 Å². The Balaban J connectivity index is 2.75. The van der Waals surface area contributed by atoms with Gasteiger partial charge in [0.2, 0.25) is 0 Å². The molecule has 0 unspecified atom stereocenters. The van der Waals surface area contributed by atoms with Crippen molar-refractivity contribution in [2.24, 2.45) is 0 Å². The van der Waals surface area contributed by atoms with Gasteiger partial charge in [0.25, 0.3) is 0 Å². The van der Waals surface area contributed by atoms with Crippen LogP contribution in [-0.2, 0) is 23.9 Å². The number of nitrogens with zero attached hydrogens (tertiary/aromatic N) is 1. The molecule has 0 N–H and O–H groups in total. The van der Waals surface area contributed by atoms with E-state index < -0.39 is 11.7 Å². The summed E-state index contributed by atoms with van der Waals surface area (Å²) in [6, 6.07) is 5.55. The van der Waals surface area contributed by atoms with Gasteiger partial charge in [0.1, 0.15) is 6.29 Å². The van der Waals surface area contributed by atoms with Gasteiger partial charge in [0.05, 0.1) is 5.56 Å². The molecule has 0 bridgehead atoms. The fraction of sp³-hybridized carbons (Fsp3) is 0.308. The highest BCUT2D eigenvalue weighted by molar-refractivity contribution is 5.86. The molecule has 96 valence electrons. The van der Waals surface area contributed by atoms with Gasteiger partial charge in [-0.1, -0.05) is 6.07 Å². The molecule has 0 saturated heterocycles. The zero-order valence-corrected chi connectivity index (χ0v) is 9.79. The molecular formula is C13H12F3NO. The Labute approximate surface area is 102 Å². The van der Waals surface area contributed by atoms with Crippen LogP contribution in [0, 0.1) is 0 Å². The van der Waals surface area contributed by atoms with E-state index in [4.69, 9.17) is 0 Å². The number of rotatable bonds is 3. The largest absolute Gasteiger partial charge is 0.417 e. The molecule has 1 aromatic carbocycles. The molecule has 0 fully saturated rings. The maximum absolute atomic E-state index is 12.9. The number of carbonyl (C=O) groups excluding carboxylic acids is 1. The summed E-state index contributed by atoms with van der Waals surface area (Å²) in [5, 5.41) is 0.156. The highest BCUT2D eigenvalue weighted by Gasteiger charge is 2.33. The van der Waals surface area contributed by atoms with E-state index in [9.17, 15) is 18.0 Å². The summed E-state index contributed by atoms with van der Waals surface area (Å²) in [7, 11) is 0. The molecule has 0 aliphatic rings. The maximum Gasteiger partial charge on any atom is 0.417 e. The number of aromatic nitrogens is 1. The minimum atomic E-state index is -4.38.